The van der Waals surface area contributed by atoms with Gasteiger partial charge in [0.25, 0.3) is 0 Å². The van der Waals surface area contributed by atoms with Gasteiger partial charge >= 0.3 is 0 Å². The lowest BCUT2D eigenvalue weighted by atomic mass is 10.1. The molecule has 0 spiro atoms. The van der Waals surface area contributed by atoms with E-state index in [4.69, 9.17) is 0 Å². The number of anilines is 1. The van der Waals surface area contributed by atoms with Crippen LogP contribution in [0.1, 0.15) is 13.8 Å². The Bertz CT molecular complexity index is 620. The van der Waals surface area contributed by atoms with Gasteiger partial charge in [-0.15, -0.1) is 0 Å². The first-order chi connectivity index (χ1) is 8.50. The maximum absolute atomic E-state index is 11.6. The third kappa shape index (κ3) is 2.05. The van der Waals surface area contributed by atoms with Crippen LogP contribution in [0.4, 0.5) is 5.69 Å². The number of phenolic OH excluding ortho intramolecular Hbond substituents is 1. The van der Waals surface area contributed by atoms with Crippen molar-refractivity contribution in [2.75, 3.05) is 4.90 Å². The molecule has 0 aromatic heterocycles. The predicted octanol–water partition coefficient (Wildman–Crippen LogP) is 2.44. The molecule has 0 aliphatic heterocycles. The minimum absolute atomic E-state index is 0.0243. The number of nitrogens with zero attached hydrogens (tertiary/aromatic N) is 1. The highest BCUT2D eigenvalue weighted by Crippen LogP contribution is 2.31. The van der Waals surface area contributed by atoms with Crippen molar-refractivity contribution in [1.29, 1.82) is 0 Å². The van der Waals surface area contributed by atoms with Crippen molar-refractivity contribution < 1.29 is 14.7 Å². The van der Waals surface area contributed by atoms with Crippen LogP contribution >= 0.6 is 0 Å². The molecule has 0 aliphatic carbocycles. The molecule has 4 heteroatoms. The van der Waals surface area contributed by atoms with Gasteiger partial charge in [-0.2, -0.15) is 0 Å². The van der Waals surface area contributed by atoms with E-state index in [1.165, 1.54) is 19.9 Å². The number of rotatable bonds is 1. The van der Waals surface area contributed by atoms with Gasteiger partial charge in [0.2, 0.25) is 11.8 Å². The Morgan fingerprint density at radius 1 is 1.06 bits per heavy atom. The standard InChI is InChI=1S/C14H13NO3/c1-9(16)15(10(2)17)14-8-12(18)7-11-5-3-4-6-13(11)14/h3-8,18H,1-2H3. The second-order valence-corrected chi connectivity index (χ2v) is 4.06. The van der Waals surface area contributed by atoms with Gasteiger partial charge < -0.3 is 5.11 Å². The summed E-state index contributed by atoms with van der Waals surface area (Å²) in [7, 11) is 0. The molecule has 4 nitrogen and oxygen atoms in total. The number of phenols is 1. The van der Waals surface area contributed by atoms with Crippen LogP contribution in [0.5, 0.6) is 5.75 Å². The van der Waals surface area contributed by atoms with Crippen molar-refractivity contribution in [2.45, 2.75) is 13.8 Å². The molecule has 0 bridgehead atoms. The zero-order valence-electron chi connectivity index (χ0n) is 10.2. The number of fused-ring (bicyclic) bond motifs is 1. The van der Waals surface area contributed by atoms with Crippen molar-refractivity contribution >= 4 is 28.3 Å². The lowest BCUT2D eigenvalue weighted by Gasteiger charge is -2.19. The summed E-state index contributed by atoms with van der Waals surface area (Å²) in [6.45, 7) is 2.64. The fourth-order valence-corrected chi connectivity index (χ4v) is 2.02. The van der Waals surface area contributed by atoms with Crippen LogP contribution in [-0.4, -0.2) is 16.9 Å². The normalized spacial score (nSPS) is 10.3. The van der Waals surface area contributed by atoms with E-state index in [2.05, 4.69) is 0 Å². The SMILES string of the molecule is CC(=O)N(C(C)=O)c1cc(O)cc2ccccc12. The largest absolute Gasteiger partial charge is 0.508 e. The fraction of sp³-hybridized carbons (Fsp3) is 0.143. The molecular formula is C14H13NO3. The Morgan fingerprint density at radius 2 is 1.67 bits per heavy atom. The Kier molecular flexibility index (Phi) is 3.02. The molecule has 0 radical (unpaired) electrons. The van der Waals surface area contributed by atoms with E-state index in [1.807, 2.05) is 24.3 Å². The quantitative estimate of drug-likeness (QED) is 0.836. The zero-order valence-corrected chi connectivity index (χ0v) is 10.2. The first kappa shape index (κ1) is 12.1. The smallest absolute Gasteiger partial charge is 0.230 e. The van der Waals surface area contributed by atoms with Crippen molar-refractivity contribution in [2.24, 2.45) is 0 Å². The molecule has 0 fully saturated rings. The van der Waals surface area contributed by atoms with Crippen LogP contribution < -0.4 is 4.90 Å². The molecule has 0 saturated carbocycles. The van der Waals surface area contributed by atoms with Crippen LogP contribution in [0.25, 0.3) is 10.8 Å². The number of benzene rings is 2. The molecule has 1 N–H and O–H groups in total. The molecule has 2 aromatic rings. The molecule has 0 unspecified atom stereocenters. The number of aromatic hydroxyl groups is 1. The Balaban J connectivity index is 2.76. The fourth-order valence-electron chi connectivity index (χ4n) is 2.02. The highest BCUT2D eigenvalue weighted by Gasteiger charge is 2.19. The van der Waals surface area contributed by atoms with Crippen molar-refractivity contribution in [3.8, 4) is 5.75 Å². The van der Waals surface area contributed by atoms with E-state index in [9.17, 15) is 14.7 Å². The summed E-state index contributed by atoms with van der Waals surface area (Å²) in [5.41, 5.74) is 0.408. The maximum Gasteiger partial charge on any atom is 0.230 e. The number of hydrogen-bond donors (Lipinski definition) is 1. The Labute approximate surface area is 104 Å². The Morgan fingerprint density at radius 3 is 2.28 bits per heavy atom. The van der Waals surface area contributed by atoms with Crippen molar-refractivity contribution in [3.63, 3.8) is 0 Å². The van der Waals surface area contributed by atoms with E-state index < -0.39 is 0 Å². The third-order valence-corrected chi connectivity index (χ3v) is 2.70. The summed E-state index contributed by atoms with van der Waals surface area (Å²) in [5.74, 6) is -0.729. The molecule has 0 atom stereocenters. The second-order valence-electron chi connectivity index (χ2n) is 4.06. The summed E-state index contributed by atoms with van der Waals surface area (Å²) >= 11 is 0. The number of imide groups is 1. The molecule has 18 heavy (non-hydrogen) atoms. The molecule has 2 amide bonds. The van der Waals surface area contributed by atoms with E-state index in [-0.39, 0.29) is 17.6 Å². The van der Waals surface area contributed by atoms with E-state index in [0.29, 0.717) is 5.69 Å². The summed E-state index contributed by atoms with van der Waals surface area (Å²) in [4.78, 5) is 24.2. The van der Waals surface area contributed by atoms with Crippen molar-refractivity contribution in [3.05, 3.63) is 36.4 Å². The van der Waals surface area contributed by atoms with Gasteiger partial charge in [0, 0.05) is 25.3 Å². The highest BCUT2D eigenvalue weighted by atomic mass is 16.3. The molecule has 92 valence electrons. The molecule has 0 saturated heterocycles. The third-order valence-electron chi connectivity index (χ3n) is 2.70. The Hall–Kier alpha value is -2.36. The number of amides is 2. The van der Waals surface area contributed by atoms with E-state index in [1.54, 1.807) is 6.07 Å². The monoisotopic (exact) mass is 243 g/mol. The summed E-state index contributed by atoms with van der Waals surface area (Å²) < 4.78 is 0. The van der Waals surface area contributed by atoms with Gasteiger partial charge in [0.15, 0.2) is 0 Å². The van der Waals surface area contributed by atoms with Gasteiger partial charge in [0.1, 0.15) is 5.75 Å². The van der Waals surface area contributed by atoms with E-state index >= 15 is 0 Å². The lowest BCUT2D eigenvalue weighted by molar-refractivity contribution is -0.124. The van der Waals surface area contributed by atoms with Gasteiger partial charge in [-0.25, -0.2) is 0 Å². The molecule has 0 heterocycles. The molecule has 2 rings (SSSR count). The lowest BCUT2D eigenvalue weighted by Crippen LogP contribution is -2.33. The number of carbonyl (C=O) groups excluding carboxylic acids is 2. The van der Waals surface area contributed by atoms with E-state index in [0.717, 1.165) is 15.7 Å². The number of hydrogen-bond acceptors (Lipinski definition) is 3. The molecule has 0 aliphatic rings. The summed E-state index contributed by atoms with van der Waals surface area (Å²) in [6, 6.07) is 10.3. The first-order valence-electron chi connectivity index (χ1n) is 5.53. The minimum atomic E-state index is -0.377. The van der Waals surface area contributed by atoms with Crippen LogP contribution in [-0.2, 0) is 9.59 Å². The summed E-state index contributed by atoms with van der Waals surface area (Å²) in [5, 5.41) is 11.2. The maximum atomic E-state index is 11.6. The average Bonchev–Trinajstić information content (AvgIpc) is 2.27. The number of carbonyl (C=O) groups is 2. The van der Waals surface area contributed by atoms with Crippen LogP contribution in [0.3, 0.4) is 0 Å². The zero-order chi connectivity index (χ0) is 13.3. The minimum Gasteiger partial charge on any atom is -0.508 e. The first-order valence-corrected chi connectivity index (χ1v) is 5.53. The highest BCUT2D eigenvalue weighted by molar-refractivity contribution is 6.17. The van der Waals surface area contributed by atoms with Crippen molar-refractivity contribution in [1.82, 2.24) is 0 Å². The van der Waals surface area contributed by atoms with Gasteiger partial charge in [-0.3, -0.25) is 14.5 Å². The van der Waals surface area contributed by atoms with Gasteiger partial charge in [-0.05, 0) is 11.5 Å². The average molecular weight is 243 g/mol. The van der Waals surface area contributed by atoms with Gasteiger partial charge in [0.05, 0.1) is 5.69 Å². The van der Waals surface area contributed by atoms with Gasteiger partial charge in [-0.1, -0.05) is 24.3 Å². The van der Waals surface area contributed by atoms with Crippen LogP contribution in [0, 0.1) is 0 Å². The second kappa shape index (κ2) is 4.49. The topological polar surface area (TPSA) is 57.6 Å². The molecular weight excluding hydrogens is 230 g/mol. The molecule has 2 aromatic carbocycles. The van der Waals surface area contributed by atoms with Crippen LogP contribution in [0.2, 0.25) is 0 Å². The predicted molar refractivity (Wildman–Crippen MR) is 69.5 cm³/mol. The van der Waals surface area contributed by atoms with Crippen LogP contribution in [0.15, 0.2) is 36.4 Å². The summed E-state index contributed by atoms with van der Waals surface area (Å²) in [6.07, 6.45) is 0.